The van der Waals surface area contributed by atoms with Crippen molar-refractivity contribution in [2.45, 2.75) is 18.0 Å². The zero-order valence-electron chi connectivity index (χ0n) is 4.76. The Morgan fingerprint density at radius 1 is 1.44 bits per heavy atom. The number of aliphatic hydroxyl groups is 1. The van der Waals surface area contributed by atoms with Crippen LogP contribution in [0.25, 0.3) is 0 Å². The lowest BCUT2D eigenvalue weighted by molar-refractivity contribution is 0.153. The predicted molar refractivity (Wildman–Crippen MR) is 33.1 cm³/mol. The molecule has 1 aliphatic heterocycles. The Morgan fingerprint density at radius 3 is 2.11 bits per heavy atom. The van der Waals surface area contributed by atoms with Crippen LogP contribution in [0.5, 0.6) is 0 Å². The summed E-state index contributed by atoms with van der Waals surface area (Å²) >= 11 is 3.91. The fraction of sp³-hybridized carbons (Fsp3) is 1.00. The molecule has 0 bridgehead atoms. The molecule has 5 nitrogen and oxygen atoms in total. The van der Waals surface area contributed by atoms with Gasteiger partial charge < -0.3 is 5.11 Å². The first-order valence-electron chi connectivity index (χ1n) is 2.40. The van der Waals surface area contributed by atoms with Crippen molar-refractivity contribution in [2.75, 3.05) is 0 Å². The molecule has 0 amide bonds. The maximum absolute atomic E-state index is 8.93. The first-order valence-corrected chi connectivity index (χ1v) is 2.84. The van der Waals surface area contributed by atoms with E-state index in [-0.39, 0.29) is 0 Å². The summed E-state index contributed by atoms with van der Waals surface area (Å²) in [5, 5.41) is 22.3. The Hall–Kier alpha value is -0.490. The Balaban J connectivity index is 2.75. The number of aliphatic hydroxyl groups excluding tert-OH is 1. The highest BCUT2D eigenvalue weighted by Crippen LogP contribution is 2.27. The van der Waals surface area contributed by atoms with E-state index in [1.54, 1.807) is 0 Å². The van der Waals surface area contributed by atoms with Gasteiger partial charge in [0.05, 0.1) is 0 Å². The molecule has 1 N–H and O–H groups in total. The van der Waals surface area contributed by atoms with Crippen molar-refractivity contribution < 1.29 is 5.11 Å². The van der Waals surface area contributed by atoms with E-state index in [4.69, 9.17) is 5.11 Å². The molecule has 6 heteroatoms. The molecule has 0 radical (unpaired) electrons. The van der Waals surface area contributed by atoms with E-state index in [0.717, 1.165) is 0 Å². The third-order valence-corrected chi connectivity index (χ3v) is 1.54. The van der Waals surface area contributed by atoms with E-state index < -0.39 is 11.1 Å². The quantitative estimate of drug-likeness (QED) is 0.527. The summed E-state index contributed by atoms with van der Waals surface area (Å²) in [6.07, 6.45) is -0.768. The van der Waals surface area contributed by atoms with E-state index in [1.165, 1.54) is 6.92 Å². The van der Waals surface area contributed by atoms with Gasteiger partial charge in [0.1, 0.15) is 6.10 Å². The van der Waals surface area contributed by atoms with E-state index in [9.17, 15) is 0 Å². The largest absolute Gasteiger partial charge is 0.388 e. The van der Waals surface area contributed by atoms with Gasteiger partial charge in [0.2, 0.25) is 0 Å². The van der Waals surface area contributed by atoms with Crippen molar-refractivity contribution in [3.8, 4) is 0 Å². The van der Waals surface area contributed by atoms with Gasteiger partial charge in [-0.05, 0) is 17.4 Å². The smallest absolute Gasteiger partial charge is 0.262 e. The normalized spacial score (nSPS) is 24.8. The minimum atomic E-state index is -1.14. The first kappa shape index (κ1) is 6.63. The molecule has 1 rings (SSSR count). The second-order valence-corrected chi connectivity index (χ2v) is 2.40. The average molecular weight is 146 g/mol. The molecule has 0 saturated carbocycles. The summed E-state index contributed by atoms with van der Waals surface area (Å²) in [6.45, 7) is 1.52. The van der Waals surface area contributed by atoms with Crippen molar-refractivity contribution >= 4 is 12.6 Å². The lowest BCUT2D eigenvalue weighted by Crippen LogP contribution is -2.28. The lowest BCUT2D eigenvalue weighted by Gasteiger charge is -2.14. The second kappa shape index (κ2) is 2.03. The van der Waals surface area contributed by atoms with E-state index >= 15 is 0 Å². The van der Waals surface area contributed by atoms with Crippen LogP contribution in [0, 0.1) is 0 Å². The molecule has 50 valence electrons. The van der Waals surface area contributed by atoms with Gasteiger partial charge in [-0.1, -0.05) is 0 Å². The Kier molecular flexibility index (Phi) is 1.50. The summed E-state index contributed by atoms with van der Waals surface area (Å²) in [5.41, 5.74) is 0. The Labute approximate surface area is 57.3 Å². The molecular formula is C3H6N4OS. The summed E-state index contributed by atoms with van der Waals surface area (Å²) in [6, 6.07) is 0. The third-order valence-electron chi connectivity index (χ3n) is 0.984. The summed E-state index contributed by atoms with van der Waals surface area (Å²) < 4.78 is 0. The summed E-state index contributed by atoms with van der Waals surface area (Å²) in [7, 11) is 0. The molecule has 1 aliphatic rings. The first-order chi connectivity index (χ1) is 4.15. The molecule has 0 fully saturated rings. The third kappa shape index (κ3) is 1.08. The highest BCUT2D eigenvalue weighted by Gasteiger charge is 2.33. The van der Waals surface area contributed by atoms with Gasteiger partial charge in [0.15, 0.2) is 0 Å². The van der Waals surface area contributed by atoms with Gasteiger partial charge >= 0.3 is 0 Å². The number of thiol groups is 1. The van der Waals surface area contributed by atoms with Crippen molar-refractivity contribution in [2.24, 2.45) is 20.7 Å². The van der Waals surface area contributed by atoms with Crippen LogP contribution in [0.4, 0.5) is 0 Å². The van der Waals surface area contributed by atoms with Crippen LogP contribution in [0.2, 0.25) is 0 Å². The maximum Gasteiger partial charge on any atom is 0.262 e. The average Bonchev–Trinajstić information content (AvgIpc) is 2.16. The maximum atomic E-state index is 8.93. The van der Waals surface area contributed by atoms with Crippen molar-refractivity contribution in [3.05, 3.63) is 0 Å². The van der Waals surface area contributed by atoms with Crippen LogP contribution in [0.15, 0.2) is 20.7 Å². The Morgan fingerprint density at radius 2 is 1.89 bits per heavy atom. The zero-order chi connectivity index (χ0) is 6.91. The molecule has 0 aromatic carbocycles. The van der Waals surface area contributed by atoms with Gasteiger partial charge in [-0.3, -0.25) is 0 Å². The highest BCUT2D eigenvalue weighted by atomic mass is 32.1. The summed E-state index contributed by atoms with van der Waals surface area (Å²) in [5.74, 6) is 0. The van der Waals surface area contributed by atoms with Crippen LogP contribution in [0.3, 0.4) is 0 Å². The molecule has 0 spiro atoms. The minimum Gasteiger partial charge on any atom is -0.388 e. The molecular weight excluding hydrogens is 140 g/mol. The molecule has 0 aliphatic carbocycles. The van der Waals surface area contributed by atoms with Crippen LogP contribution in [0.1, 0.15) is 6.92 Å². The standard InChI is InChI=1S/C3H6N4OS/c1-2(8)3(9)4-6-7-5-3/h2,8-9H,1H3. The number of hydrogen-bond acceptors (Lipinski definition) is 6. The van der Waals surface area contributed by atoms with Crippen LogP contribution in [-0.4, -0.2) is 16.2 Å². The Bertz CT molecular complexity index is 153. The van der Waals surface area contributed by atoms with Gasteiger partial charge in [-0.25, -0.2) is 0 Å². The molecule has 0 aromatic heterocycles. The van der Waals surface area contributed by atoms with Gasteiger partial charge in [-0.2, -0.15) is 0 Å². The monoisotopic (exact) mass is 146 g/mol. The highest BCUT2D eigenvalue weighted by molar-refractivity contribution is 7.81. The molecule has 9 heavy (non-hydrogen) atoms. The van der Waals surface area contributed by atoms with Crippen LogP contribution in [-0.2, 0) is 0 Å². The number of hydrogen-bond donors (Lipinski definition) is 2. The van der Waals surface area contributed by atoms with Crippen molar-refractivity contribution in [3.63, 3.8) is 0 Å². The molecule has 1 atom stereocenters. The fourth-order valence-corrected chi connectivity index (χ4v) is 0.439. The minimum absolute atomic E-state index is 0.768. The number of nitrogens with zero attached hydrogens (tertiary/aromatic N) is 4. The fourth-order valence-electron chi connectivity index (χ4n) is 0.359. The van der Waals surface area contributed by atoms with Crippen LogP contribution >= 0.6 is 12.6 Å². The molecule has 1 heterocycles. The predicted octanol–water partition coefficient (Wildman–Crippen LogP) is 0.784. The molecule has 1 unspecified atom stereocenters. The van der Waals surface area contributed by atoms with E-state index in [0.29, 0.717) is 0 Å². The van der Waals surface area contributed by atoms with Gasteiger partial charge in [-0.15, -0.1) is 22.9 Å². The van der Waals surface area contributed by atoms with Crippen LogP contribution < -0.4 is 0 Å². The van der Waals surface area contributed by atoms with E-state index in [1.807, 2.05) is 0 Å². The second-order valence-electron chi connectivity index (χ2n) is 1.74. The van der Waals surface area contributed by atoms with Gasteiger partial charge in [0.25, 0.3) is 4.99 Å². The van der Waals surface area contributed by atoms with Gasteiger partial charge in [0, 0.05) is 0 Å². The zero-order valence-corrected chi connectivity index (χ0v) is 5.66. The molecule has 0 saturated heterocycles. The summed E-state index contributed by atoms with van der Waals surface area (Å²) in [4.78, 5) is -1.14. The van der Waals surface area contributed by atoms with Crippen molar-refractivity contribution in [1.29, 1.82) is 0 Å². The SMILES string of the molecule is CC(O)C1(S)N=NN=N1. The topological polar surface area (TPSA) is 69.7 Å². The van der Waals surface area contributed by atoms with Crippen molar-refractivity contribution in [1.82, 2.24) is 0 Å². The lowest BCUT2D eigenvalue weighted by atomic mass is 10.3. The molecule has 0 aromatic rings. The number of rotatable bonds is 1. The van der Waals surface area contributed by atoms with E-state index in [2.05, 4.69) is 33.3 Å².